The smallest absolute Gasteiger partial charge is 0.154 e. The van der Waals surface area contributed by atoms with Crippen molar-refractivity contribution in [3.8, 4) is 0 Å². The molecule has 2 heterocycles. The highest BCUT2D eigenvalue weighted by atomic mass is 32.2. The van der Waals surface area contributed by atoms with E-state index in [2.05, 4.69) is 29.1 Å². The second-order valence-corrected chi connectivity index (χ2v) is 5.81. The summed E-state index contributed by atoms with van der Waals surface area (Å²) in [5.41, 5.74) is 2.07. The van der Waals surface area contributed by atoms with Crippen LogP contribution in [0.4, 0.5) is 5.82 Å². The maximum Gasteiger partial charge on any atom is 0.154 e. The second kappa shape index (κ2) is 6.09. The number of nitrogens with zero attached hydrogens (tertiary/aromatic N) is 3. The molecule has 0 spiro atoms. The topological polar surface area (TPSA) is 42.7 Å². The van der Waals surface area contributed by atoms with Gasteiger partial charge in [0.25, 0.3) is 0 Å². The van der Waals surface area contributed by atoms with Crippen molar-refractivity contribution in [2.45, 2.75) is 26.3 Å². The summed E-state index contributed by atoms with van der Waals surface area (Å²) in [6.45, 7) is 4.39. The molecule has 0 saturated carbocycles. The molecule has 18 heavy (non-hydrogen) atoms. The molecule has 0 amide bonds. The lowest BCUT2D eigenvalue weighted by molar-refractivity contribution is 0.768. The first-order valence-corrected chi connectivity index (χ1v) is 7.48. The van der Waals surface area contributed by atoms with Gasteiger partial charge in [0.1, 0.15) is 5.52 Å². The molecule has 0 aliphatic carbocycles. The van der Waals surface area contributed by atoms with E-state index < -0.39 is 0 Å². The van der Waals surface area contributed by atoms with E-state index in [1.54, 1.807) is 0 Å². The summed E-state index contributed by atoms with van der Waals surface area (Å²) in [5, 5.41) is 3.46. The van der Waals surface area contributed by atoms with Gasteiger partial charge in [-0.15, -0.1) is 0 Å². The van der Waals surface area contributed by atoms with E-state index in [1.807, 2.05) is 42.0 Å². The summed E-state index contributed by atoms with van der Waals surface area (Å²) in [6.07, 6.45) is 4.80. The Morgan fingerprint density at radius 3 is 3.06 bits per heavy atom. The Morgan fingerprint density at radius 1 is 1.44 bits per heavy atom. The number of pyridine rings is 1. The molecule has 1 atom stereocenters. The summed E-state index contributed by atoms with van der Waals surface area (Å²) in [6, 6.07) is 2.41. The molecule has 4 nitrogen and oxygen atoms in total. The molecule has 0 radical (unpaired) electrons. The zero-order chi connectivity index (χ0) is 13.0. The number of imidazole rings is 1. The van der Waals surface area contributed by atoms with Crippen LogP contribution >= 0.6 is 11.8 Å². The Hall–Kier alpha value is -1.23. The van der Waals surface area contributed by atoms with Gasteiger partial charge >= 0.3 is 0 Å². The lowest BCUT2D eigenvalue weighted by Crippen LogP contribution is -2.17. The largest absolute Gasteiger partial charge is 0.366 e. The van der Waals surface area contributed by atoms with Gasteiger partial charge in [-0.05, 0) is 30.9 Å². The Balaban J connectivity index is 2.07. The van der Waals surface area contributed by atoms with Gasteiger partial charge < -0.3 is 9.88 Å². The van der Waals surface area contributed by atoms with Crippen LogP contribution in [0.25, 0.3) is 11.0 Å². The standard InChI is InChI=1S/C13H20N4S/c1-4-18-8-6-10(2)16-13-12-11(5-7-14-13)17(3)9-15-12/h5,7,9-10H,4,6,8H2,1-3H3,(H,14,16). The van der Waals surface area contributed by atoms with Gasteiger partial charge in [-0.2, -0.15) is 11.8 Å². The summed E-state index contributed by atoms with van der Waals surface area (Å²) >= 11 is 1.97. The number of anilines is 1. The summed E-state index contributed by atoms with van der Waals surface area (Å²) < 4.78 is 2.01. The van der Waals surface area contributed by atoms with Crippen LogP contribution < -0.4 is 5.32 Å². The zero-order valence-electron chi connectivity index (χ0n) is 11.2. The minimum atomic E-state index is 0.421. The molecule has 5 heteroatoms. The van der Waals surface area contributed by atoms with Gasteiger partial charge in [0, 0.05) is 19.3 Å². The lowest BCUT2D eigenvalue weighted by atomic mass is 10.2. The molecule has 0 aliphatic heterocycles. The number of rotatable bonds is 6. The fourth-order valence-electron chi connectivity index (χ4n) is 1.88. The second-order valence-electron chi connectivity index (χ2n) is 4.41. The highest BCUT2D eigenvalue weighted by Gasteiger charge is 2.09. The fourth-order valence-corrected chi connectivity index (χ4v) is 2.69. The third-order valence-electron chi connectivity index (χ3n) is 2.93. The number of nitrogens with one attached hydrogen (secondary N) is 1. The van der Waals surface area contributed by atoms with E-state index >= 15 is 0 Å². The SMILES string of the molecule is CCSCCC(C)Nc1nccc2c1ncn2C. The molecule has 0 aromatic carbocycles. The molecule has 2 aromatic rings. The third kappa shape index (κ3) is 2.96. The summed E-state index contributed by atoms with van der Waals surface area (Å²) in [5.74, 6) is 3.26. The molecule has 2 aromatic heterocycles. The van der Waals surface area contributed by atoms with Crippen LogP contribution in [-0.2, 0) is 7.05 Å². The van der Waals surface area contributed by atoms with Crippen molar-refractivity contribution < 1.29 is 0 Å². The van der Waals surface area contributed by atoms with Crippen molar-refractivity contribution in [1.29, 1.82) is 0 Å². The van der Waals surface area contributed by atoms with Gasteiger partial charge in [-0.25, -0.2) is 9.97 Å². The molecular weight excluding hydrogens is 244 g/mol. The minimum absolute atomic E-state index is 0.421. The van der Waals surface area contributed by atoms with E-state index in [0.717, 1.165) is 23.3 Å². The molecule has 1 unspecified atom stereocenters. The molecule has 0 fully saturated rings. The van der Waals surface area contributed by atoms with Crippen LogP contribution in [-0.4, -0.2) is 32.1 Å². The van der Waals surface area contributed by atoms with Gasteiger partial charge in [-0.3, -0.25) is 0 Å². The molecular formula is C13H20N4S. The van der Waals surface area contributed by atoms with Gasteiger partial charge in [-0.1, -0.05) is 6.92 Å². The molecule has 0 aliphatic rings. The molecule has 1 N–H and O–H groups in total. The molecule has 98 valence electrons. The van der Waals surface area contributed by atoms with Gasteiger partial charge in [0.15, 0.2) is 5.82 Å². The number of fused-ring (bicyclic) bond motifs is 1. The molecule has 0 bridgehead atoms. The third-order valence-corrected chi connectivity index (χ3v) is 3.86. The predicted octanol–water partition coefficient (Wildman–Crippen LogP) is 2.91. The normalized spacial score (nSPS) is 12.8. The Kier molecular flexibility index (Phi) is 4.47. The Bertz CT molecular complexity index is 509. The van der Waals surface area contributed by atoms with Crippen molar-refractivity contribution in [2.24, 2.45) is 7.05 Å². The van der Waals surface area contributed by atoms with Crippen molar-refractivity contribution in [3.05, 3.63) is 18.6 Å². The zero-order valence-corrected chi connectivity index (χ0v) is 12.0. The van der Waals surface area contributed by atoms with E-state index in [1.165, 1.54) is 11.5 Å². The van der Waals surface area contributed by atoms with E-state index in [9.17, 15) is 0 Å². The Labute approximate surface area is 112 Å². The lowest BCUT2D eigenvalue weighted by Gasteiger charge is -2.14. The number of thioether (sulfide) groups is 1. The van der Waals surface area contributed by atoms with Gasteiger partial charge in [0.2, 0.25) is 0 Å². The first-order valence-electron chi connectivity index (χ1n) is 6.32. The average molecular weight is 264 g/mol. The van der Waals surface area contributed by atoms with Crippen LogP contribution in [0.15, 0.2) is 18.6 Å². The number of aromatic nitrogens is 3. The first kappa shape index (κ1) is 13.2. The number of aryl methyl sites for hydroxylation is 1. The maximum absolute atomic E-state index is 4.40. The molecule has 2 rings (SSSR count). The van der Waals surface area contributed by atoms with E-state index in [4.69, 9.17) is 0 Å². The minimum Gasteiger partial charge on any atom is -0.366 e. The highest BCUT2D eigenvalue weighted by molar-refractivity contribution is 7.99. The van der Waals surface area contributed by atoms with Crippen LogP contribution in [0.3, 0.4) is 0 Å². The first-order chi connectivity index (χ1) is 8.72. The van der Waals surface area contributed by atoms with Crippen LogP contribution in [0.1, 0.15) is 20.3 Å². The van der Waals surface area contributed by atoms with Crippen LogP contribution in [0, 0.1) is 0 Å². The predicted molar refractivity (Wildman–Crippen MR) is 79.2 cm³/mol. The molecule has 0 saturated heterocycles. The van der Waals surface area contributed by atoms with Crippen LogP contribution in [0.2, 0.25) is 0 Å². The van der Waals surface area contributed by atoms with Crippen LogP contribution in [0.5, 0.6) is 0 Å². The summed E-state index contributed by atoms with van der Waals surface area (Å²) in [4.78, 5) is 8.80. The van der Waals surface area contributed by atoms with E-state index in [-0.39, 0.29) is 0 Å². The van der Waals surface area contributed by atoms with Crippen molar-refractivity contribution in [1.82, 2.24) is 14.5 Å². The fraction of sp³-hybridized carbons (Fsp3) is 0.538. The number of hydrogen-bond donors (Lipinski definition) is 1. The van der Waals surface area contributed by atoms with Crippen molar-refractivity contribution in [2.75, 3.05) is 16.8 Å². The average Bonchev–Trinajstić information content (AvgIpc) is 2.73. The monoisotopic (exact) mass is 264 g/mol. The number of hydrogen-bond acceptors (Lipinski definition) is 4. The van der Waals surface area contributed by atoms with Gasteiger partial charge in [0.05, 0.1) is 11.8 Å². The van der Waals surface area contributed by atoms with Crippen molar-refractivity contribution in [3.63, 3.8) is 0 Å². The quantitative estimate of drug-likeness (QED) is 0.815. The highest BCUT2D eigenvalue weighted by Crippen LogP contribution is 2.19. The summed E-state index contributed by atoms with van der Waals surface area (Å²) in [7, 11) is 2.00. The maximum atomic E-state index is 4.40. The van der Waals surface area contributed by atoms with E-state index in [0.29, 0.717) is 6.04 Å². The van der Waals surface area contributed by atoms with Crippen molar-refractivity contribution >= 4 is 28.6 Å². The Morgan fingerprint density at radius 2 is 2.28 bits per heavy atom.